The number of anilines is 1. The van der Waals surface area contributed by atoms with Gasteiger partial charge < -0.3 is 10.1 Å². The fourth-order valence-corrected chi connectivity index (χ4v) is 3.04. The highest BCUT2D eigenvalue weighted by Crippen LogP contribution is 2.26. The van der Waals surface area contributed by atoms with Crippen LogP contribution in [0, 0.1) is 12.7 Å². The van der Waals surface area contributed by atoms with Gasteiger partial charge in [0.1, 0.15) is 18.2 Å². The molecule has 3 rings (SSSR count). The first-order valence-corrected chi connectivity index (χ1v) is 9.63. The predicted molar refractivity (Wildman–Crippen MR) is 116 cm³/mol. The Bertz CT molecular complexity index is 1040. The molecule has 7 heteroatoms. The van der Waals surface area contributed by atoms with E-state index >= 15 is 0 Å². The van der Waals surface area contributed by atoms with Crippen LogP contribution in [0.4, 0.5) is 14.9 Å². The normalized spacial score (nSPS) is 10.7. The van der Waals surface area contributed by atoms with Gasteiger partial charge in [0.15, 0.2) is 0 Å². The molecule has 148 valence electrons. The summed E-state index contributed by atoms with van der Waals surface area (Å²) in [7, 11) is 0. The number of hydrogen-bond acceptors (Lipinski definition) is 3. The Morgan fingerprint density at radius 2 is 1.97 bits per heavy atom. The van der Waals surface area contributed by atoms with Crippen molar-refractivity contribution in [2.45, 2.75) is 13.5 Å². The van der Waals surface area contributed by atoms with Crippen molar-refractivity contribution in [1.82, 2.24) is 5.43 Å². The molecule has 0 radical (unpaired) electrons. The van der Waals surface area contributed by atoms with E-state index in [1.165, 1.54) is 18.3 Å². The van der Waals surface area contributed by atoms with Gasteiger partial charge in [0.05, 0.1) is 10.7 Å². The zero-order chi connectivity index (χ0) is 20.6. The third-order valence-corrected chi connectivity index (χ3v) is 4.63. The Hall–Kier alpha value is -3.19. The van der Waals surface area contributed by atoms with Gasteiger partial charge in [-0.1, -0.05) is 30.3 Å². The van der Waals surface area contributed by atoms with E-state index in [0.29, 0.717) is 5.75 Å². The highest BCUT2D eigenvalue weighted by Gasteiger charge is 2.04. The van der Waals surface area contributed by atoms with Crippen molar-refractivity contribution >= 4 is 33.9 Å². The number of amides is 2. The van der Waals surface area contributed by atoms with Crippen molar-refractivity contribution in [1.29, 1.82) is 0 Å². The lowest BCUT2D eigenvalue weighted by atomic mass is 10.2. The summed E-state index contributed by atoms with van der Waals surface area (Å²) >= 11 is 3.45. The largest absolute Gasteiger partial charge is 0.488 e. The van der Waals surface area contributed by atoms with E-state index < -0.39 is 6.03 Å². The Morgan fingerprint density at radius 3 is 2.72 bits per heavy atom. The number of hydrazone groups is 1. The number of urea groups is 1. The van der Waals surface area contributed by atoms with E-state index in [-0.39, 0.29) is 12.4 Å². The lowest BCUT2D eigenvalue weighted by Crippen LogP contribution is -2.24. The first-order valence-electron chi connectivity index (χ1n) is 8.84. The van der Waals surface area contributed by atoms with E-state index in [1.54, 1.807) is 24.3 Å². The first kappa shape index (κ1) is 20.5. The smallest absolute Gasteiger partial charge is 0.339 e. The van der Waals surface area contributed by atoms with Crippen molar-refractivity contribution in [3.05, 3.63) is 93.7 Å². The molecular weight excluding hydrogens is 437 g/mol. The van der Waals surface area contributed by atoms with Crippen LogP contribution in [0.3, 0.4) is 0 Å². The molecule has 29 heavy (non-hydrogen) atoms. The van der Waals surface area contributed by atoms with Crippen LogP contribution in [0.15, 0.2) is 76.3 Å². The van der Waals surface area contributed by atoms with E-state index in [0.717, 1.165) is 26.9 Å². The van der Waals surface area contributed by atoms with Crippen molar-refractivity contribution in [2.24, 2.45) is 5.10 Å². The molecule has 0 aliphatic heterocycles. The summed E-state index contributed by atoms with van der Waals surface area (Å²) in [5.74, 6) is 0.326. The molecule has 0 fully saturated rings. The highest BCUT2D eigenvalue weighted by molar-refractivity contribution is 9.10. The minimum absolute atomic E-state index is 0.254. The average Bonchev–Trinajstić information content (AvgIpc) is 2.69. The number of benzene rings is 3. The minimum atomic E-state index is -0.426. The number of carbonyl (C=O) groups is 1. The van der Waals surface area contributed by atoms with Crippen LogP contribution in [-0.2, 0) is 6.61 Å². The number of ether oxygens (including phenoxy) is 1. The molecule has 0 saturated carbocycles. The number of rotatable bonds is 6. The molecule has 2 N–H and O–H groups in total. The van der Waals surface area contributed by atoms with Crippen LogP contribution in [0.2, 0.25) is 0 Å². The summed E-state index contributed by atoms with van der Waals surface area (Å²) in [5, 5.41) is 6.68. The molecular formula is C22H19BrFN3O2. The summed E-state index contributed by atoms with van der Waals surface area (Å²) in [6.45, 7) is 2.17. The number of carbonyl (C=O) groups excluding carboxylic acids is 1. The fourth-order valence-electron chi connectivity index (χ4n) is 2.53. The number of halogens is 2. The lowest BCUT2D eigenvalue weighted by molar-refractivity contribution is 0.252. The molecule has 0 saturated heterocycles. The number of aryl methyl sites for hydroxylation is 1. The van der Waals surface area contributed by atoms with Crippen molar-refractivity contribution in [2.75, 3.05) is 5.32 Å². The number of hydrogen-bond donors (Lipinski definition) is 2. The molecule has 0 aliphatic carbocycles. The molecule has 0 atom stereocenters. The van der Waals surface area contributed by atoms with Gasteiger partial charge in [-0.3, -0.25) is 0 Å². The molecule has 2 amide bonds. The molecule has 0 bridgehead atoms. The standard InChI is InChI=1S/C22H19BrFN3O2/c1-15-5-2-3-8-20(15)26-22(28)27-25-13-16-9-10-21(19(23)12-16)29-14-17-6-4-7-18(24)11-17/h2-13H,14H2,1H3,(H2,26,27,28). The fraction of sp³-hybridized carbons (Fsp3) is 0.0909. The van der Waals surface area contributed by atoms with Gasteiger partial charge in [0.25, 0.3) is 0 Å². The molecule has 0 spiro atoms. The summed E-state index contributed by atoms with van der Waals surface area (Å²) < 4.78 is 19.7. The third kappa shape index (κ3) is 6.15. The zero-order valence-electron chi connectivity index (χ0n) is 15.7. The quantitative estimate of drug-likeness (QED) is 0.373. The number of nitrogens with one attached hydrogen (secondary N) is 2. The molecule has 0 aliphatic rings. The maximum absolute atomic E-state index is 13.2. The summed E-state index contributed by atoms with van der Waals surface area (Å²) in [6, 6.07) is 18.7. The van der Waals surface area contributed by atoms with Crippen molar-refractivity contribution < 1.29 is 13.9 Å². The second-order valence-corrected chi connectivity index (χ2v) is 7.10. The van der Waals surface area contributed by atoms with Gasteiger partial charge in [-0.2, -0.15) is 5.10 Å². The van der Waals surface area contributed by atoms with Gasteiger partial charge in [-0.25, -0.2) is 14.6 Å². The van der Waals surface area contributed by atoms with E-state index in [4.69, 9.17) is 4.74 Å². The van der Waals surface area contributed by atoms with Crippen LogP contribution in [0.1, 0.15) is 16.7 Å². The molecule has 5 nitrogen and oxygen atoms in total. The SMILES string of the molecule is Cc1ccccc1NC(=O)NN=Cc1ccc(OCc2cccc(F)c2)c(Br)c1. The molecule has 3 aromatic carbocycles. The summed E-state index contributed by atoms with van der Waals surface area (Å²) in [6.07, 6.45) is 1.53. The summed E-state index contributed by atoms with van der Waals surface area (Å²) in [4.78, 5) is 11.9. The van der Waals surface area contributed by atoms with Crippen LogP contribution < -0.4 is 15.5 Å². The van der Waals surface area contributed by atoms with Crippen molar-refractivity contribution in [3.8, 4) is 5.75 Å². The average molecular weight is 456 g/mol. The Kier molecular flexibility index (Phi) is 6.97. The maximum Gasteiger partial charge on any atom is 0.339 e. The topological polar surface area (TPSA) is 62.7 Å². The third-order valence-electron chi connectivity index (χ3n) is 4.01. The predicted octanol–water partition coefficient (Wildman–Crippen LogP) is 5.63. The van der Waals surface area contributed by atoms with Gasteiger partial charge in [0, 0.05) is 5.69 Å². The molecule has 0 heterocycles. The number of nitrogens with zero attached hydrogens (tertiary/aromatic N) is 1. The van der Waals surface area contributed by atoms with Crippen molar-refractivity contribution in [3.63, 3.8) is 0 Å². The van der Waals surface area contributed by atoms with E-state index in [9.17, 15) is 9.18 Å². The van der Waals surface area contributed by atoms with Crippen LogP contribution >= 0.6 is 15.9 Å². The Labute approximate surface area is 176 Å². The van der Waals surface area contributed by atoms with Gasteiger partial charge in [-0.05, 0) is 75.9 Å². The number of para-hydroxylation sites is 1. The first-order chi connectivity index (χ1) is 14.0. The van der Waals surface area contributed by atoms with Gasteiger partial charge in [0.2, 0.25) is 0 Å². The zero-order valence-corrected chi connectivity index (χ0v) is 17.2. The molecule has 0 unspecified atom stereocenters. The highest BCUT2D eigenvalue weighted by atomic mass is 79.9. The van der Waals surface area contributed by atoms with Crippen LogP contribution in [0.25, 0.3) is 0 Å². The van der Waals surface area contributed by atoms with Gasteiger partial charge in [-0.15, -0.1) is 0 Å². The minimum Gasteiger partial charge on any atom is -0.488 e. The van der Waals surface area contributed by atoms with Crippen LogP contribution in [0.5, 0.6) is 5.75 Å². The lowest BCUT2D eigenvalue weighted by Gasteiger charge is -2.09. The second-order valence-electron chi connectivity index (χ2n) is 6.25. The Balaban J connectivity index is 1.54. The second kappa shape index (κ2) is 9.84. The van der Waals surface area contributed by atoms with Crippen LogP contribution in [-0.4, -0.2) is 12.2 Å². The molecule has 0 aromatic heterocycles. The monoisotopic (exact) mass is 455 g/mol. The van der Waals surface area contributed by atoms with Gasteiger partial charge >= 0.3 is 6.03 Å². The van der Waals surface area contributed by atoms with E-state index in [2.05, 4.69) is 31.8 Å². The maximum atomic E-state index is 13.2. The van der Waals surface area contributed by atoms with E-state index in [1.807, 2.05) is 37.3 Å². The molecule has 3 aromatic rings. The Morgan fingerprint density at radius 1 is 1.14 bits per heavy atom. The summed E-state index contributed by atoms with van der Waals surface area (Å²) in [5.41, 5.74) is 5.63.